The van der Waals surface area contributed by atoms with E-state index in [1.54, 1.807) is 19.1 Å². The van der Waals surface area contributed by atoms with Crippen LogP contribution in [-0.2, 0) is 23.8 Å². The second-order valence-electron chi connectivity index (χ2n) is 6.89. The molecule has 0 radical (unpaired) electrons. The first-order valence-electron chi connectivity index (χ1n) is 9.14. The van der Waals surface area contributed by atoms with E-state index in [-0.39, 0.29) is 37.6 Å². The maximum Gasteiger partial charge on any atom is 0.416 e. The molecule has 0 aromatic rings. The van der Waals surface area contributed by atoms with Crippen LogP contribution >= 0.6 is 0 Å². The predicted octanol–water partition coefficient (Wildman–Crippen LogP) is 1.43. The molecule has 27 heavy (non-hydrogen) atoms. The van der Waals surface area contributed by atoms with E-state index in [4.69, 9.17) is 19.3 Å². The molecule has 2 rings (SSSR count). The zero-order valence-electron chi connectivity index (χ0n) is 15.9. The molecule has 0 aromatic heterocycles. The van der Waals surface area contributed by atoms with Crippen molar-refractivity contribution in [3.05, 3.63) is 24.0 Å². The number of aliphatic hydroxyl groups is 1. The summed E-state index contributed by atoms with van der Waals surface area (Å²) in [6, 6.07) is -0.347. The number of aliphatic hydroxyl groups excluding tert-OH is 1. The van der Waals surface area contributed by atoms with Gasteiger partial charge < -0.3 is 19.3 Å². The summed E-state index contributed by atoms with van der Waals surface area (Å²) in [5, 5.41) is 8.67. The summed E-state index contributed by atoms with van der Waals surface area (Å²) < 4.78 is 15.9. The monoisotopic (exact) mass is 381 g/mol. The van der Waals surface area contributed by atoms with Gasteiger partial charge in [0.2, 0.25) is 5.91 Å². The maximum atomic E-state index is 12.9. The number of carbonyl (C=O) groups is 3. The Labute approximate surface area is 158 Å². The van der Waals surface area contributed by atoms with Crippen LogP contribution in [0, 0.1) is 11.8 Å². The standard InChI is InChI=1S/C19H27NO7/c1-12(2)15-11-26-19(24)20(15)18(23)13(3)17-16(22)7-6-14(27-17)5-4-9-25-10-8-21/h5-7,12-13,15,17,21H,4,8-11H2,1-3H3/t13-,15+,17+/m0/s1. The summed E-state index contributed by atoms with van der Waals surface area (Å²) >= 11 is 0. The average Bonchev–Trinajstić information content (AvgIpc) is 3.03. The summed E-state index contributed by atoms with van der Waals surface area (Å²) in [7, 11) is 0. The van der Waals surface area contributed by atoms with Crippen molar-refractivity contribution in [3.8, 4) is 0 Å². The Morgan fingerprint density at radius 2 is 2.07 bits per heavy atom. The lowest BCUT2D eigenvalue weighted by Crippen LogP contribution is -2.48. The molecule has 1 N–H and O–H groups in total. The Bertz CT molecular complexity index is 626. The van der Waals surface area contributed by atoms with Crippen LogP contribution in [0.5, 0.6) is 0 Å². The van der Waals surface area contributed by atoms with Crippen LogP contribution in [0.3, 0.4) is 0 Å². The van der Waals surface area contributed by atoms with E-state index >= 15 is 0 Å². The molecular weight excluding hydrogens is 354 g/mol. The van der Waals surface area contributed by atoms with Crippen molar-refractivity contribution in [2.45, 2.75) is 39.3 Å². The third-order valence-corrected chi connectivity index (χ3v) is 4.56. The number of imide groups is 1. The molecule has 0 aliphatic carbocycles. The fourth-order valence-corrected chi connectivity index (χ4v) is 2.95. The summed E-state index contributed by atoms with van der Waals surface area (Å²) in [6.07, 6.45) is 3.54. The second kappa shape index (κ2) is 9.66. The van der Waals surface area contributed by atoms with Crippen molar-refractivity contribution in [3.63, 3.8) is 0 Å². The quantitative estimate of drug-likeness (QED) is 0.635. The van der Waals surface area contributed by atoms with E-state index in [0.29, 0.717) is 18.8 Å². The Hall–Kier alpha value is -2.19. The lowest BCUT2D eigenvalue weighted by molar-refractivity contribution is -0.143. The van der Waals surface area contributed by atoms with Gasteiger partial charge >= 0.3 is 6.09 Å². The van der Waals surface area contributed by atoms with Gasteiger partial charge in [-0.3, -0.25) is 9.59 Å². The lowest BCUT2D eigenvalue weighted by Gasteiger charge is -2.30. The molecule has 1 fully saturated rings. The number of ether oxygens (including phenoxy) is 3. The molecule has 0 unspecified atom stereocenters. The number of carbonyl (C=O) groups excluding carboxylic acids is 3. The van der Waals surface area contributed by atoms with Gasteiger partial charge in [0.1, 0.15) is 12.4 Å². The van der Waals surface area contributed by atoms with Crippen LogP contribution in [0.25, 0.3) is 0 Å². The van der Waals surface area contributed by atoms with Crippen molar-refractivity contribution in [1.82, 2.24) is 4.90 Å². The molecule has 0 saturated carbocycles. The normalized spacial score (nSPS) is 25.1. The smallest absolute Gasteiger partial charge is 0.416 e. The van der Waals surface area contributed by atoms with Crippen LogP contribution in [-0.4, -0.2) is 66.4 Å². The lowest BCUT2D eigenvalue weighted by atomic mass is 9.95. The van der Waals surface area contributed by atoms with Gasteiger partial charge in [-0.15, -0.1) is 0 Å². The number of hydrogen-bond acceptors (Lipinski definition) is 7. The highest BCUT2D eigenvalue weighted by Gasteiger charge is 2.44. The second-order valence-corrected chi connectivity index (χ2v) is 6.89. The van der Waals surface area contributed by atoms with Crippen molar-refractivity contribution in [2.75, 3.05) is 26.4 Å². The Kier molecular flexibility index (Phi) is 7.55. The molecule has 0 aromatic carbocycles. The minimum absolute atomic E-state index is 0.0422. The van der Waals surface area contributed by atoms with Crippen LogP contribution < -0.4 is 0 Å². The summed E-state index contributed by atoms with van der Waals surface area (Å²) in [5.74, 6) is -1.11. The largest absolute Gasteiger partial charge is 0.482 e. The highest BCUT2D eigenvalue weighted by molar-refractivity contribution is 6.01. The number of nitrogens with zero attached hydrogens (tertiary/aromatic N) is 1. The van der Waals surface area contributed by atoms with Crippen molar-refractivity contribution < 1.29 is 33.7 Å². The van der Waals surface area contributed by atoms with Crippen molar-refractivity contribution >= 4 is 17.8 Å². The average molecular weight is 381 g/mol. The van der Waals surface area contributed by atoms with Crippen molar-refractivity contribution in [2.24, 2.45) is 11.8 Å². The summed E-state index contributed by atoms with van der Waals surface area (Å²) in [5.41, 5.74) is 0. The Balaban J connectivity index is 2.04. The Morgan fingerprint density at radius 3 is 2.74 bits per heavy atom. The number of rotatable bonds is 8. The topological polar surface area (TPSA) is 102 Å². The number of amides is 2. The van der Waals surface area contributed by atoms with Gasteiger partial charge in [0.15, 0.2) is 11.9 Å². The zero-order chi connectivity index (χ0) is 20.0. The number of cyclic esters (lactones) is 1. The zero-order valence-corrected chi connectivity index (χ0v) is 15.9. The molecule has 0 bridgehead atoms. The molecular formula is C19H27NO7. The highest BCUT2D eigenvalue weighted by Crippen LogP contribution is 2.26. The van der Waals surface area contributed by atoms with Crippen LogP contribution in [0.1, 0.15) is 27.2 Å². The van der Waals surface area contributed by atoms with E-state index in [1.807, 2.05) is 13.8 Å². The molecule has 2 amide bonds. The molecule has 2 aliphatic heterocycles. The molecule has 8 heteroatoms. The van der Waals surface area contributed by atoms with E-state index in [2.05, 4.69) is 0 Å². The third-order valence-electron chi connectivity index (χ3n) is 4.56. The van der Waals surface area contributed by atoms with Crippen LogP contribution in [0.15, 0.2) is 24.0 Å². The molecule has 150 valence electrons. The predicted molar refractivity (Wildman–Crippen MR) is 95.6 cm³/mol. The molecule has 3 atom stereocenters. The molecule has 0 spiro atoms. The first-order chi connectivity index (χ1) is 12.9. The molecule has 2 heterocycles. The molecule has 8 nitrogen and oxygen atoms in total. The van der Waals surface area contributed by atoms with E-state index < -0.39 is 24.0 Å². The van der Waals surface area contributed by atoms with Gasteiger partial charge in [-0.1, -0.05) is 13.8 Å². The third kappa shape index (κ3) is 5.17. The van der Waals surface area contributed by atoms with Gasteiger partial charge in [-0.2, -0.15) is 0 Å². The first-order valence-corrected chi connectivity index (χ1v) is 9.14. The van der Waals surface area contributed by atoms with Crippen LogP contribution in [0.2, 0.25) is 0 Å². The minimum Gasteiger partial charge on any atom is -0.482 e. The van der Waals surface area contributed by atoms with Gasteiger partial charge in [0.25, 0.3) is 0 Å². The fourth-order valence-electron chi connectivity index (χ4n) is 2.95. The first kappa shape index (κ1) is 21.1. The number of ketones is 1. The summed E-state index contributed by atoms with van der Waals surface area (Å²) in [4.78, 5) is 38.2. The van der Waals surface area contributed by atoms with Gasteiger partial charge in [0.05, 0.1) is 31.8 Å². The SMILES string of the molecule is CC(C)[C@H]1COC(=O)N1C(=O)[C@@H](C)[C@H]1OC(=CCCOCCO)C=CC1=O. The molecule has 1 saturated heterocycles. The number of hydrogen-bond donors (Lipinski definition) is 1. The van der Waals surface area contributed by atoms with E-state index in [1.165, 1.54) is 6.08 Å². The van der Waals surface area contributed by atoms with E-state index in [0.717, 1.165) is 4.90 Å². The molecule has 2 aliphatic rings. The highest BCUT2D eigenvalue weighted by atomic mass is 16.6. The fraction of sp³-hybridized carbons (Fsp3) is 0.632. The Morgan fingerprint density at radius 1 is 1.33 bits per heavy atom. The van der Waals surface area contributed by atoms with Crippen molar-refractivity contribution in [1.29, 1.82) is 0 Å². The van der Waals surface area contributed by atoms with Gasteiger partial charge in [-0.25, -0.2) is 9.69 Å². The summed E-state index contributed by atoms with van der Waals surface area (Å²) in [6.45, 7) is 6.17. The van der Waals surface area contributed by atoms with Gasteiger partial charge in [-0.05, 0) is 37.5 Å². The van der Waals surface area contributed by atoms with E-state index in [9.17, 15) is 14.4 Å². The maximum absolute atomic E-state index is 12.9. The minimum atomic E-state index is -0.992. The van der Waals surface area contributed by atoms with Gasteiger partial charge in [0, 0.05) is 0 Å². The van der Waals surface area contributed by atoms with Crippen LogP contribution in [0.4, 0.5) is 4.79 Å². The number of allylic oxidation sites excluding steroid dienone is 1.